The molecule has 0 amide bonds. The van der Waals surface area contributed by atoms with Crippen LogP contribution in [0.3, 0.4) is 0 Å². The Labute approximate surface area is 200 Å². The molecule has 3 nitrogen and oxygen atoms in total. The Morgan fingerprint density at radius 2 is 1.79 bits per heavy atom. The minimum absolute atomic E-state index is 0.183. The summed E-state index contributed by atoms with van der Waals surface area (Å²) >= 11 is 0. The van der Waals surface area contributed by atoms with E-state index in [2.05, 4.69) is 31.2 Å². The molecule has 0 radical (unpaired) electrons. The molecule has 0 unspecified atom stereocenters. The number of fused-ring (bicyclic) bond motifs is 5. The maximum Gasteiger partial charge on any atom is 0.140 e. The van der Waals surface area contributed by atoms with Crippen LogP contribution >= 0.6 is 0 Å². The van der Waals surface area contributed by atoms with E-state index >= 15 is 0 Å². The number of hydrogen-bond donors (Lipinski definition) is 1. The summed E-state index contributed by atoms with van der Waals surface area (Å²) in [5.74, 6) is 4.46. The lowest BCUT2D eigenvalue weighted by Crippen LogP contribution is -2.55. The number of ether oxygens (including phenoxy) is 1. The highest BCUT2D eigenvalue weighted by Crippen LogP contribution is 2.63. The van der Waals surface area contributed by atoms with Crippen LogP contribution in [-0.4, -0.2) is 29.7 Å². The quantitative estimate of drug-likeness (QED) is 0.557. The van der Waals surface area contributed by atoms with Crippen LogP contribution in [0.5, 0.6) is 0 Å². The Bertz CT molecular complexity index is 821. The molecule has 0 heterocycles. The summed E-state index contributed by atoms with van der Waals surface area (Å²) in [6.07, 6.45) is 12.3. The molecule has 8 atom stereocenters. The van der Waals surface area contributed by atoms with Crippen molar-refractivity contribution in [1.82, 2.24) is 0 Å². The topological polar surface area (TPSA) is 46.5 Å². The van der Waals surface area contributed by atoms with E-state index in [9.17, 15) is 9.90 Å². The Hall–Kier alpha value is -1.19. The summed E-state index contributed by atoms with van der Waals surface area (Å²) in [4.78, 5) is 13.5. The van der Waals surface area contributed by atoms with Crippen LogP contribution in [0.4, 0.5) is 0 Å². The Morgan fingerprint density at radius 1 is 1.00 bits per heavy atom. The Balaban J connectivity index is 1.29. The van der Waals surface area contributed by atoms with Gasteiger partial charge in [0.2, 0.25) is 0 Å². The average Bonchev–Trinajstić information content (AvgIpc) is 2.82. The predicted molar refractivity (Wildman–Crippen MR) is 132 cm³/mol. The van der Waals surface area contributed by atoms with Gasteiger partial charge in [-0.2, -0.15) is 0 Å². The molecule has 4 aliphatic carbocycles. The fourth-order valence-electron chi connectivity index (χ4n) is 9.03. The van der Waals surface area contributed by atoms with Crippen molar-refractivity contribution in [3.63, 3.8) is 0 Å². The number of benzene rings is 1. The van der Waals surface area contributed by atoms with Crippen molar-refractivity contribution in [1.29, 1.82) is 0 Å². The molecule has 0 bridgehead atoms. The molecular weight excluding hydrogens is 408 g/mol. The third kappa shape index (κ3) is 4.45. The minimum atomic E-state index is -0.604. The maximum atomic E-state index is 13.5. The first kappa shape index (κ1) is 23.5. The number of hydrogen-bond acceptors (Lipinski definition) is 3. The highest BCUT2D eigenvalue weighted by molar-refractivity contribution is 5.84. The predicted octanol–water partition coefficient (Wildman–Crippen LogP) is 6.22. The van der Waals surface area contributed by atoms with Crippen LogP contribution in [0.15, 0.2) is 30.3 Å². The van der Waals surface area contributed by atoms with Gasteiger partial charge >= 0.3 is 0 Å². The molecule has 1 aromatic carbocycles. The first-order valence-corrected chi connectivity index (χ1v) is 13.8. The SMILES string of the molecule is CCOC[C@@]1(O)CC[C@H]2[C@@H](CC[C@@H]3[C@@H]2CC[C@]2(C)[C@@H](C(=O)Cc4ccccc4)CCC[C@@H]32)C1. The third-order valence-corrected chi connectivity index (χ3v) is 10.5. The number of ketones is 1. The van der Waals surface area contributed by atoms with Gasteiger partial charge in [-0.05, 0) is 105 Å². The lowest BCUT2D eigenvalue weighted by Gasteiger charge is -2.60. The van der Waals surface area contributed by atoms with Gasteiger partial charge in [-0.25, -0.2) is 0 Å². The van der Waals surface area contributed by atoms with E-state index in [-0.39, 0.29) is 11.3 Å². The van der Waals surface area contributed by atoms with Crippen LogP contribution in [-0.2, 0) is 16.0 Å². The van der Waals surface area contributed by atoms with Crippen molar-refractivity contribution in [3.05, 3.63) is 35.9 Å². The molecular formula is C30H44O3. The first-order valence-electron chi connectivity index (χ1n) is 13.8. The van der Waals surface area contributed by atoms with Crippen LogP contribution in [0.1, 0.15) is 83.6 Å². The van der Waals surface area contributed by atoms with E-state index in [1.807, 2.05) is 13.0 Å². The summed E-state index contributed by atoms with van der Waals surface area (Å²) in [6, 6.07) is 10.4. The van der Waals surface area contributed by atoms with Crippen molar-refractivity contribution in [2.75, 3.05) is 13.2 Å². The van der Waals surface area contributed by atoms with E-state index in [0.717, 1.165) is 43.4 Å². The molecule has 0 saturated heterocycles. The normalized spacial score (nSPS) is 42.6. The Kier molecular flexibility index (Phi) is 6.75. The van der Waals surface area contributed by atoms with E-state index < -0.39 is 5.60 Å². The van der Waals surface area contributed by atoms with Gasteiger partial charge in [-0.1, -0.05) is 43.7 Å². The van der Waals surface area contributed by atoms with Gasteiger partial charge in [0.15, 0.2) is 0 Å². The minimum Gasteiger partial charge on any atom is -0.387 e. The second-order valence-electron chi connectivity index (χ2n) is 12.2. The van der Waals surface area contributed by atoms with E-state index in [1.54, 1.807) is 0 Å². The average molecular weight is 453 g/mol. The van der Waals surface area contributed by atoms with Crippen molar-refractivity contribution in [2.24, 2.45) is 40.9 Å². The van der Waals surface area contributed by atoms with Crippen LogP contribution in [0.25, 0.3) is 0 Å². The van der Waals surface area contributed by atoms with Crippen molar-refractivity contribution in [2.45, 2.75) is 90.1 Å². The zero-order valence-corrected chi connectivity index (χ0v) is 20.8. The molecule has 4 fully saturated rings. The Morgan fingerprint density at radius 3 is 2.58 bits per heavy atom. The van der Waals surface area contributed by atoms with Crippen molar-refractivity contribution in [3.8, 4) is 0 Å². The second-order valence-corrected chi connectivity index (χ2v) is 12.2. The zero-order chi connectivity index (χ0) is 23.1. The zero-order valence-electron chi connectivity index (χ0n) is 20.8. The number of aliphatic hydroxyl groups is 1. The maximum absolute atomic E-state index is 13.5. The smallest absolute Gasteiger partial charge is 0.140 e. The highest BCUT2D eigenvalue weighted by atomic mass is 16.5. The van der Waals surface area contributed by atoms with Crippen LogP contribution in [0.2, 0.25) is 0 Å². The van der Waals surface area contributed by atoms with Gasteiger partial charge in [0.05, 0.1) is 12.2 Å². The second kappa shape index (κ2) is 9.46. The van der Waals surface area contributed by atoms with E-state index in [0.29, 0.717) is 37.3 Å². The van der Waals surface area contributed by atoms with Gasteiger partial charge in [-0.15, -0.1) is 0 Å². The molecule has 3 heteroatoms. The molecule has 182 valence electrons. The van der Waals surface area contributed by atoms with Crippen molar-refractivity contribution >= 4 is 5.78 Å². The molecule has 4 aliphatic rings. The lowest BCUT2D eigenvalue weighted by atomic mass is 9.44. The standard InChI is InChI=1S/C30H44O3/c1-3-33-20-30(32)17-15-23-22(19-30)12-13-25-24(23)14-16-29(2)26(25)10-7-11-27(29)28(31)18-21-8-5-4-6-9-21/h4-6,8-9,22-27,32H,3,7,10-20H2,1-2H3/t22-,23-,24+,25+,26-,27+,29-,30+/m0/s1. The summed E-state index contributed by atoms with van der Waals surface area (Å²) in [5, 5.41) is 11.1. The number of rotatable bonds is 6. The van der Waals surface area contributed by atoms with Crippen molar-refractivity contribution < 1.29 is 14.6 Å². The molecule has 0 aliphatic heterocycles. The fraction of sp³-hybridized carbons (Fsp3) is 0.767. The molecule has 0 spiro atoms. The molecule has 5 rings (SSSR count). The van der Waals surface area contributed by atoms with Gasteiger partial charge in [-0.3, -0.25) is 4.79 Å². The lowest BCUT2D eigenvalue weighted by molar-refractivity contribution is -0.153. The highest BCUT2D eigenvalue weighted by Gasteiger charge is 2.57. The van der Waals surface area contributed by atoms with Gasteiger partial charge < -0.3 is 9.84 Å². The molecule has 33 heavy (non-hydrogen) atoms. The van der Waals surface area contributed by atoms with E-state index in [1.165, 1.54) is 44.1 Å². The molecule has 0 aromatic heterocycles. The monoisotopic (exact) mass is 452 g/mol. The molecule has 1 N–H and O–H groups in total. The number of Topliss-reactive ketones (excluding diaryl/α,β-unsaturated/α-hetero) is 1. The van der Waals surface area contributed by atoms with Crippen LogP contribution < -0.4 is 0 Å². The molecule has 4 saturated carbocycles. The largest absolute Gasteiger partial charge is 0.387 e. The van der Waals surface area contributed by atoms with Gasteiger partial charge in [0, 0.05) is 18.9 Å². The number of carbonyl (C=O) groups is 1. The van der Waals surface area contributed by atoms with Crippen LogP contribution in [0, 0.1) is 40.9 Å². The summed E-state index contributed by atoms with van der Waals surface area (Å²) in [5.41, 5.74) is 0.749. The summed E-state index contributed by atoms with van der Waals surface area (Å²) in [7, 11) is 0. The number of carbonyl (C=O) groups excluding carboxylic acids is 1. The van der Waals surface area contributed by atoms with Gasteiger partial charge in [0.1, 0.15) is 5.78 Å². The summed E-state index contributed by atoms with van der Waals surface area (Å²) in [6.45, 7) is 5.69. The fourth-order valence-corrected chi connectivity index (χ4v) is 9.03. The molecule has 1 aromatic rings. The van der Waals surface area contributed by atoms with Gasteiger partial charge in [0.25, 0.3) is 0 Å². The third-order valence-electron chi connectivity index (χ3n) is 10.5. The summed E-state index contributed by atoms with van der Waals surface area (Å²) < 4.78 is 5.64. The van der Waals surface area contributed by atoms with E-state index in [4.69, 9.17) is 4.74 Å². The first-order chi connectivity index (χ1) is 15.9.